The Kier molecular flexibility index (Phi) is 2.95. The largest absolute Gasteiger partial charge is 0.328 e. The molecule has 1 aromatic rings. The number of halogens is 1. The van der Waals surface area contributed by atoms with Gasteiger partial charge in [-0.25, -0.2) is 4.79 Å². The minimum absolute atomic E-state index is 0.0834. The lowest BCUT2D eigenvalue weighted by Gasteiger charge is -2.15. The molecule has 0 aliphatic carbocycles. The zero-order valence-electron chi connectivity index (χ0n) is 9.51. The van der Waals surface area contributed by atoms with Gasteiger partial charge in [0.15, 0.2) is 0 Å². The van der Waals surface area contributed by atoms with E-state index in [0.717, 1.165) is 5.56 Å². The summed E-state index contributed by atoms with van der Waals surface area (Å²) in [5.74, 6) is 1.24. The molecule has 0 saturated carbocycles. The molecular formula is C12H11ClN2O2S. The van der Waals surface area contributed by atoms with Crippen molar-refractivity contribution in [3.8, 4) is 0 Å². The Morgan fingerprint density at radius 2 is 2.00 bits per heavy atom. The number of rotatable bonds is 2. The molecule has 1 atom stereocenters. The van der Waals surface area contributed by atoms with Gasteiger partial charge in [0.1, 0.15) is 6.04 Å². The summed E-state index contributed by atoms with van der Waals surface area (Å²) in [6.45, 7) is 0.326. The standard InChI is InChI=1S/C12H11ClN2O2S/c13-9-3-1-8(2-4-9)5-14-11(16)10-6-18-7-15(10)12(14)17/h1-4,10H,5-7H2/t10-/m1/s1. The van der Waals surface area contributed by atoms with Crippen LogP contribution in [0.1, 0.15) is 5.56 Å². The molecule has 3 rings (SSSR count). The Balaban J connectivity index is 1.79. The number of urea groups is 1. The summed E-state index contributed by atoms with van der Waals surface area (Å²) in [6.07, 6.45) is 0. The molecule has 6 heteroatoms. The second-order valence-corrected chi connectivity index (χ2v) is 5.76. The molecule has 0 bridgehead atoms. The summed E-state index contributed by atoms with van der Waals surface area (Å²) in [4.78, 5) is 27.1. The Morgan fingerprint density at radius 3 is 2.67 bits per heavy atom. The lowest BCUT2D eigenvalue weighted by Crippen LogP contribution is -2.32. The maximum Gasteiger partial charge on any atom is 0.328 e. The topological polar surface area (TPSA) is 40.6 Å². The van der Waals surface area contributed by atoms with Gasteiger partial charge in [-0.1, -0.05) is 23.7 Å². The Bertz CT molecular complexity index is 483. The van der Waals surface area contributed by atoms with Crippen molar-refractivity contribution in [3.63, 3.8) is 0 Å². The highest BCUT2D eigenvalue weighted by Crippen LogP contribution is 2.30. The first-order valence-corrected chi connectivity index (χ1v) is 7.14. The van der Waals surface area contributed by atoms with Gasteiger partial charge in [0, 0.05) is 10.8 Å². The fourth-order valence-corrected chi connectivity index (χ4v) is 3.45. The highest BCUT2D eigenvalue weighted by Gasteiger charge is 2.47. The molecule has 2 saturated heterocycles. The number of hydrogen-bond donors (Lipinski definition) is 0. The second-order valence-electron chi connectivity index (χ2n) is 4.32. The Hall–Kier alpha value is -1.20. The monoisotopic (exact) mass is 282 g/mol. The number of imide groups is 1. The predicted octanol–water partition coefficient (Wildman–Crippen LogP) is 2.18. The smallest absolute Gasteiger partial charge is 0.302 e. The van der Waals surface area contributed by atoms with E-state index < -0.39 is 0 Å². The quantitative estimate of drug-likeness (QED) is 0.781. The molecule has 2 fully saturated rings. The molecule has 2 aliphatic rings. The van der Waals surface area contributed by atoms with E-state index in [1.807, 2.05) is 12.1 Å². The minimum atomic E-state index is -0.255. The molecule has 1 aromatic carbocycles. The first-order chi connectivity index (χ1) is 8.66. The lowest BCUT2D eigenvalue weighted by atomic mass is 10.2. The molecule has 0 aromatic heterocycles. The fourth-order valence-electron chi connectivity index (χ4n) is 2.18. The molecule has 2 heterocycles. The van der Waals surface area contributed by atoms with Crippen molar-refractivity contribution in [2.75, 3.05) is 11.6 Å². The molecule has 94 valence electrons. The van der Waals surface area contributed by atoms with E-state index in [4.69, 9.17) is 11.6 Å². The van der Waals surface area contributed by atoms with Crippen LogP contribution in [0, 0.1) is 0 Å². The van der Waals surface area contributed by atoms with Gasteiger partial charge in [-0.05, 0) is 17.7 Å². The van der Waals surface area contributed by atoms with Crippen LogP contribution in [0.3, 0.4) is 0 Å². The third-order valence-corrected chi connectivity index (χ3v) is 4.43. The van der Waals surface area contributed by atoms with Gasteiger partial charge in [-0.15, -0.1) is 11.8 Å². The minimum Gasteiger partial charge on any atom is -0.302 e. The average Bonchev–Trinajstić information content (AvgIpc) is 2.92. The van der Waals surface area contributed by atoms with E-state index in [2.05, 4.69) is 0 Å². The second kappa shape index (κ2) is 4.48. The van der Waals surface area contributed by atoms with Crippen molar-refractivity contribution in [3.05, 3.63) is 34.9 Å². The first-order valence-electron chi connectivity index (χ1n) is 5.61. The van der Waals surface area contributed by atoms with E-state index >= 15 is 0 Å². The highest BCUT2D eigenvalue weighted by atomic mass is 35.5. The summed E-state index contributed by atoms with van der Waals surface area (Å²) in [5.41, 5.74) is 0.912. The van der Waals surface area contributed by atoms with E-state index in [1.165, 1.54) is 4.90 Å². The van der Waals surface area contributed by atoms with Crippen LogP contribution in [0.25, 0.3) is 0 Å². The number of carbonyl (C=O) groups excluding carboxylic acids is 2. The molecule has 4 nitrogen and oxygen atoms in total. The molecule has 2 aliphatic heterocycles. The van der Waals surface area contributed by atoms with E-state index in [1.54, 1.807) is 28.8 Å². The van der Waals surface area contributed by atoms with Gasteiger partial charge >= 0.3 is 6.03 Å². The van der Waals surface area contributed by atoms with Gasteiger partial charge in [0.2, 0.25) is 0 Å². The van der Waals surface area contributed by atoms with Gasteiger partial charge in [-0.3, -0.25) is 9.69 Å². The zero-order valence-corrected chi connectivity index (χ0v) is 11.1. The van der Waals surface area contributed by atoms with Crippen LogP contribution < -0.4 is 0 Å². The van der Waals surface area contributed by atoms with Crippen LogP contribution in [0.2, 0.25) is 5.02 Å². The highest BCUT2D eigenvalue weighted by molar-refractivity contribution is 7.99. The number of thioether (sulfide) groups is 1. The van der Waals surface area contributed by atoms with Crippen LogP contribution in [0.4, 0.5) is 4.79 Å². The van der Waals surface area contributed by atoms with E-state index in [9.17, 15) is 9.59 Å². The summed E-state index contributed by atoms with van der Waals surface area (Å²) in [7, 11) is 0. The van der Waals surface area contributed by atoms with Crippen LogP contribution >= 0.6 is 23.4 Å². The average molecular weight is 283 g/mol. The number of amides is 3. The summed E-state index contributed by atoms with van der Waals surface area (Å²) >= 11 is 7.43. The summed E-state index contributed by atoms with van der Waals surface area (Å²) in [6, 6.07) is 6.76. The SMILES string of the molecule is O=C1[C@H]2CSCN2C(=O)N1Cc1ccc(Cl)cc1. The normalized spacial score (nSPS) is 22.8. The molecule has 18 heavy (non-hydrogen) atoms. The predicted molar refractivity (Wildman–Crippen MR) is 70.4 cm³/mol. The van der Waals surface area contributed by atoms with Gasteiger partial charge in [-0.2, -0.15) is 0 Å². The van der Waals surface area contributed by atoms with Gasteiger partial charge in [0.05, 0.1) is 12.4 Å². The van der Waals surface area contributed by atoms with Crippen molar-refractivity contribution >= 4 is 35.3 Å². The molecule has 0 radical (unpaired) electrons. The fraction of sp³-hybridized carbons (Fsp3) is 0.333. The van der Waals surface area contributed by atoms with Crippen molar-refractivity contribution in [2.45, 2.75) is 12.6 Å². The van der Waals surface area contributed by atoms with Gasteiger partial charge < -0.3 is 4.90 Å². The van der Waals surface area contributed by atoms with Gasteiger partial charge in [0.25, 0.3) is 5.91 Å². The van der Waals surface area contributed by atoms with Crippen molar-refractivity contribution in [1.82, 2.24) is 9.80 Å². The van der Waals surface area contributed by atoms with Crippen LogP contribution in [-0.2, 0) is 11.3 Å². The van der Waals surface area contributed by atoms with Crippen LogP contribution in [0.15, 0.2) is 24.3 Å². The number of carbonyl (C=O) groups is 2. The molecule has 0 N–H and O–H groups in total. The van der Waals surface area contributed by atoms with Crippen molar-refractivity contribution < 1.29 is 9.59 Å². The maximum absolute atomic E-state index is 12.1. The third kappa shape index (κ3) is 1.87. The molecule has 0 spiro atoms. The van der Waals surface area contributed by atoms with Crippen LogP contribution in [0.5, 0.6) is 0 Å². The Morgan fingerprint density at radius 1 is 1.28 bits per heavy atom. The van der Waals surface area contributed by atoms with E-state index in [0.29, 0.717) is 23.2 Å². The molecule has 0 unspecified atom stereocenters. The van der Waals surface area contributed by atoms with Crippen LogP contribution in [-0.4, -0.2) is 39.4 Å². The number of nitrogens with zero attached hydrogens (tertiary/aromatic N) is 2. The van der Waals surface area contributed by atoms with Crippen molar-refractivity contribution in [2.24, 2.45) is 0 Å². The molecule has 3 amide bonds. The maximum atomic E-state index is 12.1. The molecular weight excluding hydrogens is 272 g/mol. The first kappa shape index (κ1) is 11.9. The number of hydrogen-bond acceptors (Lipinski definition) is 3. The zero-order chi connectivity index (χ0) is 12.7. The summed E-state index contributed by atoms with van der Waals surface area (Å²) in [5, 5.41) is 0.648. The Labute approximate surface area is 114 Å². The van der Waals surface area contributed by atoms with Crippen molar-refractivity contribution in [1.29, 1.82) is 0 Å². The number of fused-ring (bicyclic) bond motifs is 1. The third-order valence-electron chi connectivity index (χ3n) is 3.16. The lowest BCUT2D eigenvalue weighted by molar-refractivity contribution is -0.127. The summed E-state index contributed by atoms with van der Waals surface area (Å²) < 4.78 is 0. The number of benzene rings is 1. The van der Waals surface area contributed by atoms with E-state index in [-0.39, 0.29) is 18.0 Å².